The highest BCUT2D eigenvalue weighted by Gasteiger charge is 2.79. The number of amides is 2. The molecule has 2 amide bonds. The van der Waals surface area contributed by atoms with Crippen molar-refractivity contribution in [3.05, 3.63) is 25.3 Å². The van der Waals surface area contributed by atoms with Crippen molar-refractivity contribution in [2.45, 2.75) is 76.3 Å². The SMILES string of the molecule is C=CCOC(=O)[C@H]1[C@H]2C(=O)N([C@H](C)CO)C(C(=O)N(CC=C)C(C)C)C23CC[C@]1(CC)O3. The molecule has 3 rings (SSSR count). The van der Waals surface area contributed by atoms with Crippen LogP contribution in [0.3, 0.4) is 0 Å². The molecule has 8 nitrogen and oxygen atoms in total. The van der Waals surface area contributed by atoms with Gasteiger partial charge in [0.15, 0.2) is 0 Å². The van der Waals surface area contributed by atoms with E-state index < -0.39 is 41.1 Å². The molecular weight excluding hydrogens is 412 g/mol. The van der Waals surface area contributed by atoms with Gasteiger partial charge in [-0.15, -0.1) is 6.58 Å². The Kier molecular flexibility index (Phi) is 6.86. The Hall–Kier alpha value is -2.19. The Morgan fingerprint density at radius 3 is 2.53 bits per heavy atom. The normalized spacial score (nSPS) is 33.9. The van der Waals surface area contributed by atoms with Gasteiger partial charge in [-0.25, -0.2) is 0 Å². The smallest absolute Gasteiger partial charge is 0.313 e. The minimum absolute atomic E-state index is 0.0443. The van der Waals surface area contributed by atoms with E-state index in [4.69, 9.17) is 9.47 Å². The van der Waals surface area contributed by atoms with Crippen molar-refractivity contribution in [3.8, 4) is 0 Å². The van der Waals surface area contributed by atoms with Crippen LogP contribution < -0.4 is 0 Å². The van der Waals surface area contributed by atoms with Crippen LogP contribution in [0, 0.1) is 11.8 Å². The molecule has 3 fully saturated rings. The lowest BCUT2D eigenvalue weighted by Gasteiger charge is -2.39. The highest BCUT2D eigenvalue weighted by Crippen LogP contribution is 2.64. The zero-order valence-corrected chi connectivity index (χ0v) is 19.6. The van der Waals surface area contributed by atoms with Crippen molar-refractivity contribution >= 4 is 17.8 Å². The molecular formula is C24H36N2O6. The number of likely N-dealkylation sites (tertiary alicyclic amines) is 1. The molecule has 0 aliphatic carbocycles. The number of aliphatic hydroxyl groups excluding tert-OH is 1. The van der Waals surface area contributed by atoms with Gasteiger partial charge in [-0.05, 0) is 40.0 Å². The third kappa shape index (κ3) is 3.39. The molecule has 3 saturated heterocycles. The fourth-order valence-corrected chi connectivity index (χ4v) is 5.94. The number of hydrogen-bond acceptors (Lipinski definition) is 6. The molecule has 3 aliphatic heterocycles. The topological polar surface area (TPSA) is 96.4 Å². The molecule has 0 saturated carbocycles. The molecule has 8 heteroatoms. The van der Waals surface area contributed by atoms with Crippen LogP contribution in [0.5, 0.6) is 0 Å². The molecule has 2 bridgehead atoms. The fraction of sp³-hybridized carbons (Fsp3) is 0.708. The molecule has 0 aromatic rings. The van der Waals surface area contributed by atoms with Gasteiger partial charge in [-0.3, -0.25) is 14.4 Å². The summed E-state index contributed by atoms with van der Waals surface area (Å²) < 4.78 is 12.0. The number of ether oxygens (including phenoxy) is 2. The third-order valence-corrected chi connectivity index (χ3v) is 7.42. The fourth-order valence-electron chi connectivity index (χ4n) is 5.94. The van der Waals surface area contributed by atoms with Crippen molar-refractivity contribution in [1.29, 1.82) is 0 Å². The molecule has 1 N–H and O–H groups in total. The van der Waals surface area contributed by atoms with Crippen LogP contribution >= 0.6 is 0 Å². The minimum Gasteiger partial charge on any atom is -0.461 e. The van der Waals surface area contributed by atoms with E-state index in [1.54, 1.807) is 17.9 Å². The quantitative estimate of drug-likeness (QED) is 0.403. The number of hydrogen-bond donors (Lipinski definition) is 1. The largest absolute Gasteiger partial charge is 0.461 e. The van der Waals surface area contributed by atoms with Gasteiger partial charge in [0.05, 0.1) is 24.2 Å². The van der Waals surface area contributed by atoms with Gasteiger partial charge in [0, 0.05) is 12.6 Å². The van der Waals surface area contributed by atoms with Crippen LogP contribution in [0.25, 0.3) is 0 Å². The standard InChI is InChI=1S/C24H36N2O6/c1-7-12-25(15(4)5)21(29)19-24-11-10-23(9-3,32-24)18(22(30)31-13-8-2)17(24)20(28)26(19)16(6)14-27/h7-8,15-19,27H,1-2,9-14H2,3-6H3/t16-,17+,18-,19?,23+,24?/m1/s1. The molecule has 178 valence electrons. The highest BCUT2D eigenvalue weighted by atomic mass is 16.6. The Morgan fingerprint density at radius 2 is 2.00 bits per heavy atom. The second kappa shape index (κ2) is 8.98. The third-order valence-electron chi connectivity index (χ3n) is 7.42. The van der Waals surface area contributed by atoms with Gasteiger partial charge in [0.1, 0.15) is 24.2 Å². The van der Waals surface area contributed by atoms with E-state index in [0.29, 0.717) is 25.8 Å². The van der Waals surface area contributed by atoms with Crippen LogP contribution in [0.1, 0.15) is 47.0 Å². The molecule has 32 heavy (non-hydrogen) atoms. The van der Waals surface area contributed by atoms with Crippen molar-refractivity contribution in [1.82, 2.24) is 9.80 Å². The second-order valence-corrected chi connectivity index (χ2v) is 9.40. The molecule has 0 radical (unpaired) electrons. The minimum atomic E-state index is -1.13. The summed E-state index contributed by atoms with van der Waals surface area (Å²) in [4.78, 5) is 44.0. The van der Waals surface area contributed by atoms with E-state index in [1.807, 2.05) is 20.8 Å². The summed E-state index contributed by atoms with van der Waals surface area (Å²) >= 11 is 0. The van der Waals surface area contributed by atoms with Crippen molar-refractivity contribution in [2.75, 3.05) is 19.8 Å². The van der Waals surface area contributed by atoms with Gasteiger partial charge in [0.2, 0.25) is 11.8 Å². The summed E-state index contributed by atoms with van der Waals surface area (Å²) in [6.45, 7) is 14.9. The average molecular weight is 449 g/mol. The van der Waals surface area contributed by atoms with Crippen LogP contribution in [-0.4, -0.2) is 81.8 Å². The van der Waals surface area contributed by atoms with Gasteiger partial charge in [-0.1, -0.05) is 25.7 Å². The van der Waals surface area contributed by atoms with Crippen LogP contribution in [0.4, 0.5) is 0 Å². The summed E-state index contributed by atoms with van der Waals surface area (Å²) in [5, 5.41) is 9.90. The average Bonchev–Trinajstić information content (AvgIpc) is 3.38. The Bertz CT molecular complexity index is 797. The zero-order valence-electron chi connectivity index (χ0n) is 19.6. The van der Waals surface area contributed by atoms with E-state index in [9.17, 15) is 19.5 Å². The molecule has 3 heterocycles. The molecule has 0 aromatic carbocycles. The van der Waals surface area contributed by atoms with E-state index in [2.05, 4.69) is 13.2 Å². The highest BCUT2D eigenvalue weighted by molar-refractivity contribution is 5.98. The van der Waals surface area contributed by atoms with Gasteiger partial charge < -0.3 is 24.4 Å². The molecule has 1 spiro atoms. The van der Waals surface area contributed by atoms with E-state index in [-0.39, 0.29) is 31.1 Å². The van der Waals surface area contributed by atoms with E-state index in [1.165, 1.54) is 11.0 Å². The predicted octanol–water partition coefficient (Wildman–Crippen LogP) is 1.67. The molecule has 6 atom stereocenters. The Balaban J connectivity index is 2.12. The van der Waals surface area contributed by atoms with Crippen molar-refractivity contribution in [2.24, 2.45) is 11.8 Å². The van der Waals surface area contributed by atoms with Crippen LogP contribution in [-0.2, 0) is 23.9 Å². The van der Waals surface area contributed by atoms with Gasteiger partial charge >= 0.3 is 5.97 Å². The summed E-state index contributed by atoms with van der Waals surface area (Å²) in [6, 6.07) is -1.64. The Morgan fingerprint density at radius 1 is 1.31 bits per heavy atom. The van der Waals surface area contributed by atoms with Crippen LogP contribution in [0.2, 0.25) is 0 Å². The first-order valence-electron chi connectivity index (χ1n) is 11.5. The summed E-state index contributed by atoms with van der Waals surface area (Å²) in [6.07, 6.45) is 4.73. The number of esters is 1. The van der Waals surface area contributed by atoms with Crippen LogP contribution in [0.15, 0.2) is 25.3 Å². The molecule has 0 aromatic heterocycles. The Labute approximate surface area is 190 Å². The summed E-state index contributed by atoms with van der Waals surface area (Å²) in [7, 11) is 0. The summed E-state index contributed by atoms with van der Waals surface area (Å²) in [5.41, 5.74) is -1.97. The number of rotatable bonds is 10. The second-order valence-electron chi connectivity index (χ2n) is 9.40. The summed E-state index contributed by atoms with van der Waals surface area (Å²) in [5.74, 6) is -2.70. The maximum atomic E-state index is 13.9. The molecule has 2 unspecified atom stereocenters. The lowest BCUT2D eigenvalue weighted by atomic mass is 9.65. The first-order chi connectivity index (χ1) is 15.2. The van der Waals surface area contributed by atoms with Gasteiger partial charge in [0.25, 0.3) is 0 Å². The number of fused-ring (bicyclic) bond motifs is 1. The number of aliphatic hydroxyl groups is 1. The maximum absolute atomic E-state index is 13.9. The monoisotopic (exact) mass is 448 g/mol. The maximum Gasteiger partial charge on any atom is 0.313 e. The zero-order chi connectivity index (χ0) is 23.8. The lowest BCUT2D eigenvalue weighted by Crippen LogP contribution is -2.59. The van der Waals surface area contributed by atoms with Crippen molar-refractivity contribution in [3.63, 3.8) is 0 Å². The molecule has 3 aliphatic rings. The first kappa shape index (κ1) is 24.5. The lowest BCUT2D eigenvalue weighted by molar-refractivity contribution is -0.163. The number of nitrogens with zero attached hydrogens (tertiary/aromatic N) is 2. The van der Waals surface area contributed by atoms with E-state index in [0.717, 1.165) is 0 Å². The van der Waals surface area contributed by atoms with Gasteiger partial charge in [-0.2, -0.15) is 0 Å². The number of carbonyl (C=O) groups excluding carboxylic acids is 3. The number of carbonyl (C=O) groups is 3. The van der Waals surface area contributed by atoms with Crippen molar-refractivity contribution < 1.29 is 29.0 Å². The first-order valence-corrected chi connectivity index (χ1v) is 11.5. The predicted molar refractivity (Wildman–Crippen MR) is 118 cm³/mol. The van der Waals surface area contributed by atoms with E-state index >= 15 is 0 Å².